The third kappa shape index (κ3) is 4.20. The molecule has 0 aliphatic carbocycles. The highest BCUT2D eigenvalue weighted by Gasteiger charge is 2.31. The van der Waals surface area contributed by atoms with Crippen LogP contribution in [0.5, 0.6) is 5.75 Å². The van der Waals surface area contributed by atoms with Crippen molar-refractivity contribution in [2.24, 2.45) is 0 Å². The number of likely N-dealkylation sites (tertiary alicyclic amines) is 1. The molecule has 6 nitrogen and oxygen atoms in total. The summed E-state index contributed by atoms with van der Waals surface area (Å²) in [5.74, 6) is 0.0853. The van der Waals surface area contributed by atoms with Crippen LogP contribution in [0.2, 0.25) is 5.02 Å². The molecule has 2 aromatic rings. The number of methoxy groups -OCH3 is 1. The number of carbonyl (C=O) groups is 1. The summed E-state index contributed by atoms with van der Waals surface area (Å²) in [6.45, 7) is 0.976. The number of sulfonamides is 1. The molecule has 1 aliphatic heterocycles. The van der Waals surface area contributed by atoms with Crippen LogP contribution in [-0.2, 0) is 14.8 Å². The summed E-state index contributed by atoms with van der Waals surface area (Å²) in [6, 6.07) is 12.7. The second-order valence-electron chi connectivity index (χ2n) is 6.23. The summed E-state index contributed by atoms with van der Waals surface area (Å²) in [7, 11) is -2.53. The average molecular weight is 409 g/mol. The molecule has 0 spiro atoms. The molecule has 1 heterocycles. The maximum Gasteiger partial charge on any atom is 0.264 e. The number of carbonyl (C=O) groups excluding carboxylic acids is 1. The lowest BCUT2D eigenvalue weighted by Crippen LogP contribution is -2.42. The van der Waals surface area contributed by atoms with Crippen LogP contribution in [0.25, 0.3) is 0 Å². The molecule has 0 bridgehead atoms. The van der Waals surface area contributed by atoms with Gasteiger partial charge in [-0.3, -0.25) is 9.10 Å². The summed E-state index contributed by atoms with van der Waals surface area (Å²) in [6.07, 6.45) is 1.86. The van der Waals surface area contributed by atoms with E-state index in [1.807, 2.05) is 0 Å². The third-order valence-corrected chi connectivity index (χ3v) is 6.49. The fraction of sp³-hybridized carbons (Fsp3) is 0.316. The van der Waals surface area contributed by atoms with Gasteiger partial charge in [0.2, 0.25) is 5.91 Å². The first kappa shape index (κ1) is 19.5. The highest BCUT2D eigenvalue weighted by molar-refractivity contribution is 7.92. The number of benzene rings is 2. The van der Waals surface area contributed by atoms with E-state index >= 15 is 0 Å². The molecule has 3 rings (SSSR count). The molecule has 2 aromatic carbocycles. The Morgan fingerprint density at radius 1 is 1.15 bits per heavy atom. The normalized spacial score (nSPS) is 14.2. The first-order valence-corrected chi connectivity index (χ1v) is 10.4. The summed E-state index contributed by atoms with van der Waals surface area (Å²) < 4.78 is 33.0. The number of hydrogen-bond donors (Lipinski definition) is 0. The van der Waals surface area contributed by atoms with E-state index in [1.54, 1.807) is 35.2 Å². The van der Waals surface area contributed by atoms with Gasteiger partial charge in [-0.25, -0.2) is 8.42 Å². The van der Waals surface area contributed by atoms with Gasteiger partial charge in [-0.05, 0) is 43.2 Å². The van der Waals surface area contributed by atoms with Crippen molar-refractivity contribution in [1.29, 1.82) is 0 Å². The SMILES string of the molecule is COc1ccc(Cl)cc1N(CC(=O)N1CCCC1)S(=O)(=O)c1ccccc1. The molecule has 1 fully saturated rings. The van der Waals surface area contributed by atoms with Crippen molar-refractivity contribution in [3.8, 4) is 5.75 Å². The van der Waals surface area contributed by atoms with Crippen molar-refractivity contribution < 1.29 is 17.9 Å². The molecule has 1 saturated heterocycles. The van der Waals surface area contributed by atoms with Gasteiger partial charge in [0.25, 0.3) is 10.0 Å². The van der Waals surface area contributed by atoms with Crippen LogP contribution < -0.4 is 9.04 Å². The Morgan fingerprint density at radius 2 is 1.81 bits per heavy atom. The lowest BCUT2D eigenvalue weighted by Gasteiger charge is -2.27. The molecule has 0 unspecified atom stereocenters. The minimum absolute atomic E-state index is 0.0984. The lowest BCUT2D eigenvalue weighted by molar-refractivity contribution is -0.128. The number of nitrogens with zero attached hydrogens (tertiary/aromatic N) is 2. The topological polar surface area (TPSA) is 66.9 Å². The van der Waals surface area contributed by atoms with E-state index in [2.05, 4.69) is 0 Å². The molecule has 0 saturated carbocycles. The molecule has 144 valence electrons. The predicted molar refractivity (Wildman–Crippen MR) is 105 cm³/mol. The minimum Gasteiger partial charge on any atom is -0.495 e. The second kappa shape index (κ2) is 8.19. The van der Waals surface area contributed by atoms with E-state index in [0.717, 1.165) is 17.1 Å². The minimum atomic E-state index is -3.98. The Kier molecular flexibility index (Phi) is 5.92. The van der Waals surface area contributed by atoms with Gasteiger partial charge in [-0.15, -0.1) is 0 Å². The van der Waals surface area contributed by atoms with Crippen molar-refractivity contribution in [1.82, 2.24) is 4.90 Å². The van der Waals surface area contributed by atoms with E-state index < -0.39 is 10.0 Å². The van der Waals surface area contributed by atoms with Gasteiger partial charge in [0.15, 0.2) is 0 Å². The Hall–Kier alpha value is -2.25. The molecule has 8 heteroatoms. The molecular formula is C19H21ClN2O4S. The Morgan fingerprint density at radius 3 is 2.44 bits per heavy atom. The van der Waals surface area contributed by atoms with Crippen LogP contribution in [0.15, 0.2) is 53.4 Å². The Labute approximate surface area is 164 Å². The molecule has 1 aliphatic rings. The van der Waals surface area contributed by atoms with Crippen LogP contribution >= 0.6 is 11.6 Å². The second-order valence-corrected chi connectivity index (χ2v) is 8.53. The van der Waals surface area contributed by atoms with Gasteiger partial charge in [-0.2, -0.15) is 0 Å². The largest absolute Gasteiger partial charge is 0.495 e. The van der Waals surface area contributed by atoms with E-state index in [4.69, 9.17) is 16.3 Å². The van der Waals surface area contributed by atoms with Crippen molar-refractivity contribution in [3.05, 3.63) is 53.6 Å². The fourth-order valence-corrected chi connectivity index (χ4v) is 4.67. The molecule has 27 heavy (non-hydrogen) atoms. The standard InChI is InChI=1S/C19H21ClN2O4S/c1-26-18-10-9-15(20)13-17(18)22(14-19(23)21-11-5-6-12-21)27(24,25)16-7-3-2-4-8-16/h2-4,7-10,13H,5-6,11-12,14H2,1H3. The zero-order valence-electron chi connectivity index (χ0n) is 15.0. The lowest BCUT2D eigenvalue weighted by atomic mass is 10.3. The monoisotopic (exact) mass is 408 g/mol. The first-order valence-electron chi connectivity index (χ1n) is 8.62. The molecular weight excluding hydrogens is 388 g/mol. The van der Waals surface area contributed by atoms with Crippen molar-refractivity contribution in [2.75, 3.05) is 31.0 Å². The summed E-state index contributed by atoms with van der Waals surface area (Å²) in [5, 5.41) is 0.354. The van der Waals surface area contributed by atoms with Crippen LogP contribution in [0.1, 0.15) is 12.8 Å². The summed E-state index contributed by atoms with van der Waals surface area (Å²) in [4.78, 5) is 14.5. The number of amides is 1. The van der Waals surface area contributed by atoms with Gasteiger partial charge in [0.05, 0.1) is 17.7 Å². The molecule has 0 atom stereocenters. The van der Waals surface area contributed by atoms with E-state index in [1.165, 1.54) is 25.3 Å². The van der Waals surface area contributed by atoms with Crippen molar-refractivity contribution >= 4 is 33.2 Å². The van der Waals surface area contributed by atoms with E-state index in [0.29, 0.717) is 23.9 Å². The number of halogens is 1. The highest BCUT2D eigenvalue weighted by Crippen LogP contribution is 2.35. The molecule has 1 amide bonds. The zero-order valence-corrected chi connectivity index (χ0v) is 16.5. The Bertz CT molecular complexity index is 913. The summed E-state index contributed by atoms with van der Waals surface area (Å²) >= 11 is 6.11. The van der Waals surface area contributed by atoms with Crippen molar-refractivity contribution in [2.45, 2.75) is 17.7 Å². The highest BCUT2D eigenvalue weighted by atomic mass is 35.5. The maximum absolute atomic E-state index is 13.3. The predicted octanol–water partition coefficient (Wildman–Crippen LogP) is 3.17. The van der Waals surface area contributed by atoms with Gasteiger partial charge < -0.3 is 9.64 Å². The van der Waals surface area contributed by atoms with Gasteiger partial charge in [0, 0.05) is 18.1 Å². The zero-order chi connectivity index (χ0) is 19.4. The quantitative estimate of drug-likeness (QED) is 0.736. The third-order valence-electron chi connectivity index (χ3n) is 4.48. The van der Waals surface area contributed by atoms with Crippen LogP contribution in [-0.4, -0.2) is 46.0 Å². The first-order chi connectivity index (χ1) is 12.9. The van der Waals surface area contributed by atoms with E-state index in [9.17, 15) is 13.2 Å². The molecule has 0 aromatic heterocycles. The Balaban J connectivity index is 2.06. The molecule has 0 radical (unpaired) electrons. The van der Waals surface area contributed by atoms with Crippen LogP contribution in [0.3, 0.4) is 0 Å². The number of hydrogen-bond acceptors (Lipinski definition) is 4. The number of rotatable bonds is 6. The van der Waals surface area contributed by atoms with Crippen LogP contribution in [0.4, 0.5) is 5.69 Å². The maximum atomic E-state index is 13.3. The van der Waals surface area contributed by atoms with Gasteiger partial charge >= 0.3 is 0 Å². The van der Waals surface area contributed by atoms with Crippen LogP contribution in [0, 0.1) is 0 Å². The number of anilines is 1. The smallest absolute Gasteiger partial charge is 0.264 e. The number of ether oxygens (including phenoxy) is 1. The molecule has 0 N–H and O–H groups in total. The summed E-state index contributed by atoms with van der Waals surface area (Å²) in [5.41, 5.74) is 0.237. The average Bonchev–Trinajstić information content (AvgIpc) is 3.21. The van der Waals surface area contributed by atoms with Gasteiger partial charge in [0.1, 0.15) is 12.3 Å². The fourth-order valence-electron chi connectivity index (χ4n) is 3.07. The van der Waals surface area contributed by atoms with E-state index in [-0.39, 0.29) is 23.0 Å². The van der Waals surface area contributed by atoms with Gasteiger partial charge in [-0.1, -0.05) is 29.8 Å². The van der Waals surface area contributed by atoms with Crippen molar-refractivity contribution in [3.63, 3.8) is 0 Å².